The highest BCUT2D eigenvalue weighted by atomic mass is 127. The summed E-state index contributed by atoms with van der Waals surface area (Å²) in [7, 11) is 3.86. The van der Waals surface area contributed by atoms with Crippen LogP contribution < -0.4 is 5.32 Å². The first-order valence-electron chi connectivity index (χ1n) is 9.79. The quantitative estimate of drug-likeness (QED) is 0.369. The summed E-state index contributed by atoms with van der Waals surface area (Å²) >= 11 is 0. The van der Waals surface area contributed by atoms with Crippen molar-refractivity contribution in [2.75, 3.05) is 46.9 Å². The molecular formula is C19H37IN4O3. The maximum absolute atomic E-state index is 12.5. The van der Waals surface area contributed by atoms with Crippen LogP contribution in [-0.4, -0.2) is 80.4 Å². The second-order valence-corrected chi connectivity index (χ2v) is 8.36. The van der Waals surface area contributed by atoms with E-state index in [0.717, 1.165) is 57.9 Å². The van der Waals surface area contributed by atoms with E-state index in [0.29, 0.717) is 12.5 Å². The zero-order valence-electron chi connectivity index (χ0n) is 17.5. The Balaban J connectivity index is 0.00000364. The molecule has 0 aromatic rings. The second kappa shape index (κ2) is 11.3. The molecular weight excluding hydrogens is 459 g/mol. The molecule has 2 atom stereocenters. The largest absolute Gasteiger partial charge is 0.444 e. The molecule has 7 nitrogen and oxygen atoms in total. The molecule has 8 heteroatoms. The number of hydrogen-bond donors (Lipinski definition) is 1. The Hall–Kier alpha value is -0.770. The molecule has 2 unspecified atom stereocenters. The number of hydrogen-bond acceptors (Lipinski definition) is 4. The SMILES string of the molecule is CN=C(NCC1CCCCN1C(=O)OC(C)(C)C)N(C)CC1CCOC1.I. The number of nitrogens with one attached hydrogen (secondary N) is 1. The zero-order valence-corrected chi connectivity index (χ0v) is 19.8. The van der Waals surface area contributed by atoms with E-state index >= 15 is 0 Å². The fourth-order valence-corrected chi connectivity index (χ4v) is 3.57. The molecule has 0 aromatic heterocycles. The number of amides is 1. The third-order valence-electron chi connectivity index (χ3n) is 4.88. The number of ether oxygens (including phenoxy) is 2. The van der Waals surface area contributed by atoms with Crippen LogP contribution in [0.1, 0.15) is 46.5 Å². The van der Waals surface area contributed by atoms with Crippen LogP contribution in [0.15, 0.2) is 4.99 Å². The van der Waals surface area contributed by atoms with Gasteiger partial charge in [-0.1, -0.05) is 0 Å². The highest BCUT2D eigenvalue weighted by Gasteiger charge is 2.30. The summed E-state index contributed by atoms with van der Waals surface area (Å²) < 4.78 is 11.0. The minimum absolute atomic E-state index is 0. The minimum atomic E-state index is -0.466. The van der Waals surface area contributed by atoms with Crippen molar-refractivity contribution in [3.63, 3.8) is 0 Å². The summed E-state index contributed by atoms with van der Waals surface area (Å²) in [4.78, 5) is 21.0. The lowest BCUT2D eigenvalue weighted by Gasteiger charge is -2.37. The van der Waals surface area contributed by atoms with Crippen LogP contribution in [0.4, 0.5) is 4.79 Å². The van der Waals surface area contributed by atoms with Gasteiger partial charge in [0.2, 0.25) is 0 Å². The van der Waals surface area contributed by atoms with Crippen LogP contribution in [0, 0.1) is 5.92 Å². The van der Waals surface area contributed by atoms with Gasteiger partial charge in [0.1, 0.15) is 5.60 Å². The summed E-state index contributed by atoms with van der Waals surface area (Å²) in [6.07, 6.45) is 4.06. The number of guanidine groups is 1. The molecule has 2 fully saturated rings. The first-order chi connectivity index (χ1) is 12.3. The van der Waals surface area contributed by atoms with E-state index in [-0.39, 0.29) is 36.1 Å². The molecule has 2 rings (SSSR count). The summed E-state index contributed by atoms with van der Waals surface area (Å²) in [5.74, 6) is 1.43. The van der Waals surface area contributed by atoms with Crippen molar-refractivity contribution in [2.24, 2.45) is 10.9 Å². The molecule has 0 aliphatic carbocycles. The molecule has 0 aromatic carbocycles. The van der Waals surface area contributed by atoms with Crippen LogP contribution in [-0.2, 0) is 9.47 Å². The Morgan fingerprint density at radius 2 is 2.07 bits per heavy atom. The van der Waals surface area contributed by atoms with E-state index in [9.17, 15) is 4.79 Å². The maximum atomic E-state index is 12.5. The normalized spacial score (nSPS) is 23.6. The molecule has 2 aliphatic rings. The van der Waals surface area contributed by atoms with Crippen LogP contribution in [0.25, 0.3) is 0 Å². The molecule has 0 bridgehead atoms. The predicted octanol–water partition coefficient (Wildman–Crippen LogP) is 2.94. The van der Waals surface area contributed by atoms with Crippen LogP contribution >= 0.6 is 24.0 Å². The van der Waals surface area contributed by atoms with Gasteiger partial charge >= 0.3 is 6.09 Å². The van der Waals surface area contributed by atoms with Gasteiger partial charge in [-0.05, 0) is 46.5 Å². The van der Waals surface area contributed by atoms with Gasteiger partial charge in [-0.2, -0.15) is 0 Å². The molecule has 2 heterocycles. The van der Waals surface area contributed by atoms with Gasteiger partial charge in [0.25, 0.3) is 0 Å². The standard InChI is InChI=1S/C19H36N4O3.HI/c1-19(2,3)26-18(24)23-10-7-6-8-16(23)12-21-17(20-4)22(5)13-15-9-11-25-14-15;/h15-16H,6-14H2,1-5H3,(H,20,21);1H. The molecule has 1 N–H and O–H groups in total. The van der Waals surface area contributed by atoms with E-state index in [1.54, 1.807) is 7.05 Å². The second-order valence-electron chi connectivity index (χ2n) is 8.36. The van der Waals surface area contributed by atoms with Crippen LogP contribution in [0.3, 0.4) is 0 Å². The lowest BCUT2D eigenvalue weighted by molar-refractivity contribution is 0.0104. The number of rotatable bonds is 4. The Bertz CT molecular complexity index is 490. The summed E-state index contributed by atoms with van der Waals surface area (Å²) in [6, 6.07) is 0.138. The van der Waals surface area contributed by atoms with Crippen molar-refractivity contribution in [1.82, 2.24) is 15.1 Å². The molecule has 27 heavy (non-hydrogen) atoms. The van der Waals surface area contributed by atoms with Gasteiger partial charge in [-0.25, -0.2) is 4.79 Å². The number of carbonyl (C=O) groups excluding carboxylic acids is 1. The fraction of sp³-hybridized carbons (Fsp3) is 0.895. The van der Waals surface area contributed by atoms with Gasteiger partial charge < -0.3 is 24.6 Å². The topological polar surface area (TPSA) is 66.4 Å². The van der Waals surface area contributed by atoms with E-state index < -0.39 is 5.60 Å². The van der Waals surface area contributed by atoms with Crippen LogP contribution in [0.2, 0.25) is 0 Å². The first-order valence-corrected chi connectivity index (χ1v) is 9.79. The van der Waals surface area contributed by atoms with E-state index in [2.05, 4.69) is 22.3 Å². The van der Waals surface area contributed by atoms with Crippen LogP contribution in [0.5, 0.6) is 0 Å². The lowest BCUT2D eigenvalue weighted by atomic mass is 10.0. The Morgan fingerprint density at radius 1 is 1.33 bits per heavy atom. The van der Waals surface area contributed by atoms with Crippen molar-refractivity contribution in [1.29, 1.82) is 0 Å². The van der Waals surface area contributed by atoms with Crippen molar-refractivity contribution < 1.29 is 14.3 Å². The van der Waals surface area contributed by atoms with Gasteiger partial charge in [0.05, 0.1) is 12.6 Å². The Labute approximate surface area is 181 Å². The van der Waals surface area contributed by atoms with Gasteiger partial charge in [-0.15, -0.1) is 24.0 Å². The van der Waals surface area contributed by atoms with Crippen molar-refractivity contribution in [3.05, 3.63) is 0 Å². The molecule has 2 aliphatic heterocycles. The predicted molar refractivity (Wildman–Crippen MR) is 119 cm³/mol. The molecule has 1 amide bonds. The Kier molecular flexibility index (Phi) is 10.1. The molecule has 158 valence electrons. The maximum Gasteiger partial charge on any atom is 0.410 e. The molecule has 0 radical (unpaired) electrons. The third-order valence-corrected chi connectivity index (χ3v) is 4.88. The number of likely N-dealkylation sites (tertiary alicyclic amines) is 1. The number of nitrogens with zero attached hydrogens (tertiary/aromatic N) is 3. The van der Waals surface area contributed by atoms with Crippen molar-refractivity contribution >= 4 is 36.0 Å². The average Bonchev–Trinajstić information content (AvgIpc) is 3.07. The molecule has 0 saturated carbocycles. The lowest BCUT2D eigenvalue weighted by Crippen LogP contribution is -2.52. The molecule has 2 saturated heterocycles. The van der Waals surface area contributed by atoms with Crippen molar-refractivity contribution in [3.8, 4) is 0 Å². The number of halogens is 1. The zero-order chi connectivity index (χ0) is 19.2. The highest BCUT2D eigenvalue weighted by molar-refractivity contribution is 14.0. The monoisotopic (exact) mass is 496 g/mol. The number of carbonyl (C=O) groups is 1. The smallest absolute Gasteiger partial charge is 0.410 e. The summed E-state index contributed by atoms with van der Waals surface area (Å²) in [5.41, 5.74) is -0.466. The number of piperidine rings is 1. The summed E-state index contributed by atoms with van der Waals surface area (Å²) in [5, 5.41) is 3.45. The third kappa shape index (κ3) is 8.01. The Morgan fingerprint density at radius 3 is 2.67 bits per heavy atom. The van der Waals surface area contributed by atoms with Gasteiger partial charge in [0, 0.05) is 46.3 Å². The van der Waals surface area contributed by atoms with Gasteiger partial charge in [0.15, 0.2) is 5.96 Å². The molecule has 0 spiro atoms. The van der Waals surface area contributed by atoms with E-state index in [1.807, 2.05) is 25.7 Å². The fourth-order valence-electron chi connectivity index (χ4n) is 3.57. The number of aliphatic imine (C=N–C) groups is 1. The average molecular weight is 496 g/mol. The van der Waals surface area contributed by atoms with E-state index in [1.165, 1.54) is 0 Å². The minimum Gasteiger partial charge on any atom is -0.444 e. The van der Waals surface area contributed by atoms with Gasteiger partial charge in [-0.3, -0.25) is 4.99 Å². The summed E-state index contributed by atoms with van der Waals surface area (Å²) in [6.45, 7) is 9.80. The highest BCUT2D eigenvalue weighted by Crippen LogP contribution is 2.20. The first kappa shape index (κ1) is 24.3. The van der Waals surface area contributed by atoms with Crippen molar-refractivity contribution in [2.45, 2.75) is 58.1 Å². The van der Waals surface area contributed by atoms with E-state index in [4.69, 9.17) is 9.47 Å².